The number of ether oxygens (including phenoxy) is 4. The van der Waals surface area contributed by atoms with Gasteiger partial charge in [0.2, 0.25) is 5.91 Å². The van der Waals surface area contributed by atoms with Crippen molar-refractivity contribution in [2.45, 2.75) is 32.9 Å². The van der Waals surface area contributed by atoms with Gasteiger partial charge in [-0.15, -0.1) is 0 Å². The van der Waals surface area contributed by atoms with E-state index in [2.05, 4.69) is 0 Å². The van der Waals surface area contributed by atoms with E-state index in [0.29, 0.717) is 17.1 Å². The van der Waals surface area contributed by atoms with Gasteiger partial charge in [-0.3, -0.25) is 4.79 Å². The molecule has 1 fully saturated rings. The molecule has 2 aliphatic rings. The molecule has 3 rings (SSSR count). The Labute approximate surface area is 169 Å². The number of carbonyl (C=O) groups is 3. The molecule has 0 bridgehead atoms. The maximum Gasteiger partial charge on any atom is 0.417 e. The molecule has 0 aliphatic carbocycles. The lowest BCUT2D eigenvalue weighted by Gasteiger charge is -2.28. The molecule has 0 unspecified atom stereocenters. The van der Waals surface area contributed by atoms with Crippen molar-refractivity contribution in [3.05, 3.63) is 41.2 Å². The highest BCUT2D eigenvalue weighted by atomic mass is 16.6. The van der Waals surface area contributed by atoms with Crippen LogP contribution in [0.2, 0.25) is 0 Å². The fraction of sp³-hybridized carbons (Fsp3) is 0.476. The van der Waals surface area contributed by atoms with Gasteiger partial charge in [0.1, 0.15) is 30.1 Å². The Morgan fingerprint density at radius 1 is 1.17 bits per heavy atom. The van der Waals surface area contributed by atoms with Gasteiger partial charge >= 0.3 is 12.1 Å². The van der Waals surface area contributed by atoms with Crippen molar-refractivity contribution >= 4 is 18.0 Å². The molecule has 156 valence electrons. The minimum atomic E-state index is -1.03. The first-order valence-electron chi connectivity index (χ1n) is 9.39. The SMILES string of the molecule is COC(=O)C1=C(C)O[C@H](c2ccc(OC)cc2)[C@H]1C(=O)N1C(=O)OC[C@@H]1C(C)C. The first-order chi connectivity index (χ1) is 13.8. The van der Waals surface area contributed by atoms with Gasteiger partial charge in [0, 0.05) is 0 Å². The highest BCUT2D eigenvalue weighted by Crippen LogP contribution is 2.44. The number of amides is 2. The summed E-state index contributed by atoms with van der Waals surface area (Å²) in [7, 11) is 2.80. The highest BCUT2D eigenvalue weighted by molar-refractivity contribution is 6.03. The van der Waals surface area contributed by atoms with E-state index in [1.165, 1.54) is 7.11 Å². The summed E-state index contributed by atoms with van der Waals surface area (Å²) in [5.74, 6) is -1.28. The van der Waals surface area contributed by atoms with Crippen molar-refractivity contribution in [1.29, 1.82) is 0 Å². The third-order valence-corrected chi connectivity index (χ3v) is 5.33. The molecule has 0 saturated carbocycles. The largest absolute Gasteiger partial charge is 0.497 e. The Bertz CT molecular complexity index is 843. The maximum absolute atomic E-state index is 13.5. The summed E-state index contributed by atoms with van der Waals surface area (Å²) in [6.07, 6.45) is -1.49. The van der Waals surface area contributed by atoms with Crippen LogP contribution in [0.3, 0.4) is 0 Å². The first-order valence-corrected chi connectivity index (χ1v) is 9.39. The molecule has 1 aromatic rings. The lowest BCUT2D eigenvalue weighted by molar-refractivity contribution is -0.141. The predicted molar refractivity (Wildman–Crippen MR) is 102 cm³/mol. The third kappa shape index (κ3) is 3.66. The second-order valence-corrected chi connectivity index (χ2v) is 7.35. The summed E-state index contributed by atoms with van der Waals surface area (Å²) < 4.78 is 21.1. The smallest absolute Gasteiger partial charge is 0.417 e. The number of esters is 1. The third-order valence-electron chi connectivity index (χ3n) is 5.33. The summed E-state index contributed by atoms with van der Waals surface area (Å²) in [5, 5.41) is 0. The average Bonchev–Trinajstić information content (AvgIpc) is 3.27. The van der Waals surface area contributed by atoms with Crippen molar-refractivity contribution in [1.82, 2.24) is 4.90 Å². The van der Waals surface area contributed by atoms with Crippen LogP contribution in [0.5, 0.6) is 5.75 Å². The molecule has 2 amide bonds. The summed E-state index contributed by atoms with van der Waals surface area (Å²) in [4.78, 5) is 39.4. The van der Waals surface area contributed by atoms with Crippen LogP contribution in [0.25, 0.3) is 0 Å². The van der Waals surface area contributed by atoms with Crippen molar-refractivity contribution < 1.29 is 33.3 Å². The molecule has 0 aromatic heterocycles. The predicted octanol–water partition coefficient (Wildman–Crippen LogP) is 2.83. The molecular formula is C21H25NO7. The van der Waals surface area contributed by atoms with Gasteiger partial charge in [-0.25, -0.2) is 14.5 Å². The quantitative estimate of drug-likeness (QED) is 0.698. The van der Waals surface area contributed by atoms with Gasteiger partial charge < -0.3 is 18.9 Å². The van der Waals surface area contributed by atoms with Crippen LogP contribution < -0.4 is 4.74 Å². The summed E-state index contributed by atoms with van der Waals surface area (Å²) in [5.41, 5.74) is 0.789. The van der Waals surface area contributed by atoms with Crippen molar-refractivity contribution in [3.8, 4) is 5.75 Å². The number of hydrogen-bond acceptors (Lipinski definition) is 7. The first kappa shape index (κ1) is 20.7. The van der Waals surface area contributed by atoms with Gasteiger partial charge in [0.05, 0.1) is 25.8 Å². The zero-order valence-electron chi connectivity index (χ0n) is 17.1. The van der Waals surface area contributed by atoms with E-state index < -0.39 is 36.0 Å². The molecule has 3 atom stereocenters. The van der Waals surface area contributed by atoms with E-state index in [4.69, 9.17) is 18.9 Å². The summed E-state index contributed by atoms with van der Waals surface area (Å²) in [6, 6.07) is 6.60. The van der Waals surface area contributed by atoms with E-state index in [1.54, 1.807) is 38.3 Å². The molecular weight excluding hydrogens is 378 g/mol. The van der Waals surface area contributed by atoms with Crippen LogP contribution in [0, 0.1) is 11.8 Å². The summed E-state index contributed by atoms with van der Waals surface area (Å²) >= 11 is 0. The Hall–Kier alpha value is -3.03. The Balaban J connectivity index is 2.03. The standard InChI is InChI=1S/C21H25NO7/c1-11(2)15-10-28-21(25)22(15)19(23)17-16(20(24)27-5)12(3)29-18(17)13-6-8-14(26-4)9-7-13/h6-9,11,15,17-18H,10H2,1-5H3/t15-,17+,18-/m1/s1. The number of imide groups is 1. The highest BCUT2D eigenvalue weighted by Gasteiger charge is 2.51. The fourth-order valence-electron chi connectivity index (χ4n) is 3.71. The molecule has 1 saturated heterocycles. The molecule has 1 aromatic carbocycles. The van der Waals surface area contributed by atoms with Gasteiger partial charge in [0.15, 0.2) is 0 Å². The molecule has 8 nitrogen and oxygen atoms in total. The number of cyclic esters (lactones) is 1. The second-order valence-electron chi connectivity index (χ2n) is 7.35. The van der Waals surface area contributed by atoms with Crippen molar-refractivity contribution in [2.24, 2.45) is 11.8 Å². The van der Waals surface area contributed by atoms with E-state index in [-0.39, 0.29) is 18.1 Å². The van der Waals surface area contributed by atoms with Gasteiger partial charge in [-0.2, -0.15) is 0 Å². The topological polar surface area (TPSA) is 91.4 Å². The number of nitrogens with zero attached hydrogens (tertiary/aromatic N) is 1. The minimum Gasteiger partial charge on any atom is -0.497 e. The molecule has 2 heterocycles. The maximum atomic E-state index is 13.5. The molecule has 2 aliphatic heterocycles. The lowest BCUT2D eigenvalue weighted by Crippen LogP contribution is -2.46. The number of carbonyl (C=O) groups excluding carboxylic acids is 3. The Kier molecular flexibility index (Phi) is 5.81. The minimum absolute atomic E-state index is 0.00110. The van der Waals surface area contributed by atoms with E-state index in [0.717, 1.165) is 4.90 Å². The van der Waals surface area contributed by atoms with E-state index in [1.807, 2.05) is 13.8 Å². The molecule has 0 spiro atoms. The van der Waals surface area contributed by atoms with Crippen LogP contribution in [-0.4, -0.2) is 49.7 Å². The van der Waals surface area contributed by atoms with Crippen LogP contribution in [0.15, 0.2) is 35.6 Å². The number of benzene rings is 1. The average molecular weight is 403 g/mol. The molecule has 0 radical (unpaired) electrons. The van der Waals surface area contributed by atoms with Crippen LogP contribution in [-0.2, 0) is 23.8 Å². The lowest BCUT2D eigenvalue weighted by atomic mass is 9.88. The van der Waals surface area contributed by atoms with Gasteiger partial charge in [0.25, 0.3) is 0 Å². The molecule has 29 heavy (non-hydrogen) atoms. The van der Waals surface area contributed by atoms with Crippen LogP contribution in [0.4, 0.5) is 4.79 Å². The van der Waals surface area contributed by atoms with Crippen LogP contribution >= 0.6 is 0 Å². The Morgan fingerprint density at radius 3 is 2.38 bits per heavy atom. The second kappa shape index (κ2) is 8.14. The zero-order chi connectivity index (χ0) is 21.3. The number of rotatable bonds is 5. The van der Waals surface area contributed by atoms with Crippen molar-refractivity contribution in [2.75, 3.05) is 20.8 Å². The van der Waals surface area contributed by atoms with Crippen molar-refractivity contribution in [3.63, 3.8) is 0 Å². The summed E-state index contributed by atoms with van der Waals surface area (Å²) in [6.45, 7) is 5.54. The van der Waals surface area contributed by atoms with Gasteiger partial charge in [-0.05, 0) is 30.5 Å². The van der Waals surface area contributed by atoms with Crippen LogP contribution in [0.1, 0.15) is 32.4 Å². The zero-order valence-corrected chi connectivity index (χ0v) is 17.1. The number of methoxy groups -OCH3 is 2. The van der Waals surface area contributed by atoms with Gasteiger partial charge in [-0.1, -0.05) is 26.0 Å². The Morgan fingerprint density at radius 2 is 1.83 bits per heavy atom. The molecule has 0 N–H and O–H groups in total. The normalized spacial score (nSPS) is 23.9. The number of allylic oxidation sites excluding steroid dienone is 1. The fourth-order valence-corrected chi connectivity index (χ4v) is 3.71. The molecule has 8 heteroatoms. The van der Waals surface area contributed by atoms with E-state index >= 15 is 0 Å². The monoisotopic (exact) mass is 403 g/mol. The number of hydrogen-bond donors (Lipinski definition) is 0. The van der Waals surface area contributed by atoms with E-state index in [9.17, 15) is 14.4 Å².